The molecule has 0 bridgehead atoms. The van der Waals surface area contributed by atoms with Gasteiger partial charge in [0.05, 0.1) is 44.7 Å². The van der Waals surface area contributed by atoms with Gasteiger partial charge in [-0.05, 0) is 70.4 Å². The third-order valence-electron chi connectivity index (χ3n) is 11.0. The number of tetrazole rings is 1. The summed E-state index contributed by atoms with van der Waals surface area (Å²) in [6, 6.07) is 5.44. The standard InChI is InChI=1S/C25H41N7O12S.C24H37N3O6/c1-2-19(25(39)40)27-22(35)9-8-17(24(37)38)15-18(33)16-44-13-12-43-11-10-26-21(34)7-4-14-45(41,42)30-23(36)6-3-5-20-28-31-32-29-20;1-3-20(28)7-6-14-32-15-16-33-17-22(29)27-21(23(25)30)8-4-5-13-26-24(31)19-11-9-18(2)10-12-19/h17,19H,2-16H2,1H3,(H,26,34)(H,27,35)(H,30,36)(H,37,38)(H,39,40)(H,28,29,31,32);9-12,21H,3-8,13-17H2,1-2H3,(H2,25,30)(H,26,31)(H,27,29)/t17-,19?;21-/m10/s1. The number of ether oxygens (including phenoxy) is 4. The lowest BCUT2D eigenvalue weighted by Gasteiger charge is -2.15. The van der Waals surface area contributed by atoms with Gasteiger partial charge < -0.3 is 56.2 Å². The number of benzene rings is 1. The largest absolute Gasteiger partial charge is 0.481 e. The van der Waals surface area contributed by atoms with Crippen LogP contribution < -0.4 is 31.7 Å². The minimum absolute atomic E-state index is 0.00000913. The first-order valence-corrected chi connectivity index (χ1v) is 27.4. The SMILES string of the molecule is CCC(=O)CCCOCCOCC(=O)N[C@@H](CCCCNC(=O)c1ccc(C)cc1)C(N)=O.CCC(NC(=O)CC[C@H](CC(=O)COCCOCCNC(=O)CCCS(=O)(=O)NC(=O)CCCc1nn[nH]n1)C(=O)O)C(=O)O. The van der Waals surface area contributed by atoms with Gasteiger partial charge in [-0.2, -0.15) is 5.21 Å². The number of nitrogens with zero attached hydrogens (tertiary/aromatic N) is 3. The summed E-state index contributed by atoms with van der Waals surface area (Å²) in [6.45, 7) is 6.65. The predicted molar refractivity (Wildman–Crippen MR) is 277 cm³/mol. The van der Waals surface area contributed by atoms with Crippen molar-refractivity contribution in [3.63, 3.8) is 0 Å². The van der Waals surface area contributed by atoms with Gasteiger partial charge in [-0.1, -0.05) is 36.8 Å². The number of nitrogens with two attached hydrogens (primary N) is 1. The van der Waals surface area contributed by atoms with E-state index >= 15 is 0 Å². The molecule has 1 heterocycles. The zero-order chi connectivity index (χ0) is 58.1. The van der Waals surface area contributed by atoms with Crippen molar-refractivity contribution in [3.8, 4) is 0 Å². The lowest BCUT2D eigenvalue weighted by molar-refractivity contribution is -0.145. The number of hydrogen-bond donors (Lipinski definition) is 9. The smallest absolute Gasteiger partial charge is 0.326 e. The van der Waals surface area contributed by atoms with E-state index in [1.54, 1.807) is 19.1 Å². The highest BCUT2D eigenvalue weighted by Crippen LogP contribution is 2.13. The van der Waals surface area contributed by atoms with Crippen LogP contribution in [0.3, 0.4) is 0 Å². The molecule has 438 valence electrons. The van der Waals surface area contributed by atoms with Gasteiger partial charge in [0.15, 0.2) is 11.6 Å². The number of carbonyl (C=O) groups excluding carboxylic acids is 8. The Kier molecular flexibility index (Phi) is 36.6. The van der Waals surface area contributed by atoms with E-state index < -0.39 is 81.0 Å². The van der Waals surface area contributed by atoms with E-state index in [-0.39, 0.29) is 103 Å². The molecular weight excluding hydrogens is 1050 g/mol. The first-order valence-electron chi connectivity index (χ1n) is 25.7. The molecule has 28 nitrogen and oxygen atoms in total. The molecule has 1 unspecified atom stereocenters. The number of unbranched alkanes of at least 4 members (excludes halogenated alkanes) is 1. The van der Waals surface area contributed by atoms with E-state index in [0.717, 1.165) is 5.56 Å². The van der Waals surface area contributed by atoms with Crippen LogP contribution in [0.1, 0.15) is 125 Å². The van der Waals surface area contributed by atoms with E-state index in [1.807, 2.05) is 30.7 Å². The molecule has 0 saturated carbocycles. The number of aromatic amines is 1. The number of H-pyrrole nitrogens is 1. The van der Waals surface area contributed by atoms with E-state index in [0.29, 0.717) is 82.5 Å². The summed E-state index contributed by atoms with van der Waals surface area (Å²) in [5.74, 6) is -6.74. The lowest BCUT2D eigenvalue weighted by Crippen LogP contribution is -2.45. The zero-order valence-corrected chi connectivity index (χ0v) is 45.5. The molecule has 10 N–H and O–H groups in total. The number of nitrogens with one attached hydrogen (secondary N) is 6. The van der Waals surface area contributed by atoms with E-state index in [9.17, 15) is 61.5 Å². The highest BCUT2D eigenvalue weighted by molar-refractivity contribution is 7.90. The number of carbonyl (C=O) groups is 10. The Bertz CT molecular complexity index is 2270. The van der Waals surface area contributed by atoms with Crippen molar-refractivity contribution in [1.82, 2.24) is 46.6 Å². The molecule has 1 aromatic carbocycles. The number of primary amides is 1. The van der Waals surface area contributed by atoms with Crippen molar-refractivity contribution < 1.29 is 85.5 Å². The molecule has 0 aliphatic rings. The third kappa shape index (κ3) is 35.5. The minimum atomic E-state index is -3.89. The molecular formula is C49H78N10O18S. The van der Waals surface area contributed by atoms with Crippen molar-refractivity contribution in [2.45, 2.75) is 129 Å². The number of ketones is 2. The maximum atomic E-state index is 12.1. The Morgan fingerprint density at radius 1 is 0.654 bits per heavy atom. The number of amides is 6. The average Bonchev–Trinajstić information content (AvgIpc) is 3.91. The second kappa shape index (κ2) is 41.3. The first-order chi connectivity index (χ1) is 37.2. The third-order valence-corrected chi connectivity index (χ3v) is 12.4. The fraction of sp³-hybridized carbons (Fsp3) is 0.653. The topological polar surface area (TPSA) is 423 Å². The number of carboxylic acid groups (broad SMARTS) is 2. The maximum absolute atomic E-state index is 12.1. The summed E-state index contributed by atoms with van der Waals surface area (Å²) in [5, 5.41) is 41.7. The predicted octanol–water partition coefficient (Wildman–Crippen LogP) is -0.0247. The molecule has 0 aliphatic carbocycles. The number of aliphatic carboxylic acids is 2. The summed E-state index contributed by atoms with van der Waals surface area (Å²) in [6.07, 6.45) is 3.34. The molecule has 1 aromatic heterocycles. The van der Waals surface area contributed by atoms with Crippen LogP contribution in [0.15, 0.2) is 24.3 Å². The van der Waals surface area contributed by atoms with Crippen molar-refractivity contribution in [2.75, 3.05) is 71.7 Å². The molecule has 6 amide bonds. The van der Waals surface area contributed by atoms with Crippen LogP contribution in [-0.4, -0.2) is 182 Å². The zero-order valence-electron chi connectivity index (χ0n) is 44.7. The van der Waals surface area contributed by atoms with Crippen molar-refractivity contribution in [1.29, 1.82) is 0 Å². The normalized spacial score (nSPS) is 12.1. The number of rotatable bonds is 44. The quantitative estimate of drug-likeness (QED) is 0.0394. The summed E-state index contributed by atoms with van der Waals surface area (Å²) in [5.41, 5.74) is 7.06. The van der Waals surface area contributed by atoms with Gasteiger partial charge in [-0.3, -0.25) is 47.9 Å². The summed E-state index contributed by atoms with van der Waals surface area (Å²) in [4.78, 5) is 117. The Hall–Kier alpha value is -6.82. The van der Waals surface area contributed by atoms with E-state index in [4.69, 9.17) is 29.8 Å². The molecule has 78 heavy (non-hydrogen) atoms. The Balaban J connectivity index is 0.000000818. The van der Waals surface area contributed by atoms with Crippen LogP contribution in [0.4, 0.5) is 0 Å². The number of carboxylic acids is 2. The van der Waals surface area contributed by atoms with E-state index in [1.165, 1.54) is 0 Å². The van der Waals surface area contributed by atoms with Crippen LogP contribution in [-0.2, 0) is 78.5 Å². The number of sulfonamides is 1. The number of aromatic nitrogens is 4. The van der Waals surface area contributed by atoms with Crippen LogP contribution in [0.25, 0.3) is 0 Å². The summed E-state index contributed by atoms with van der Waals surface area (Å²) < 4.78 is 47.0. The van der Waals surface area contributed by atoms with Gasteiger partial charge in [-0.15, -0.1) is 10.2 Å². The van der Waals surface area contributed by atoms with Crippen molar-refractivity contribution >= 4 is 69.0 Å². The summed E-state index contributed by atoms with van der Waals surface area (Å²) in [7, 11) is -3.89. The second-order valence-corrected chi connectivity index (χ2v) is 19.5. The van der Waals surface area contributed by atoms with Crippen LogP contribution in [0, 0.1) is 12.8 Å². The lowest BCUT2D eigenvalue weighted by atomic mass is 9.97. The molecule has 3 atom stereocenters. The fourth-order valence-electron chi connectivity index (χ4n) is 6.64. The van der Waals surface area contributed by atoms with Gasteiger partial charge >= 0.3 is 11.9 Å². The molecule has 2 aromatic rings. The van der Waals surface area contributed by atoms with Gasteiger partial charge in [0.25, 0.3) is 5.91 Å². The molecule has 0 spiro atoms. The molecule has 0 radical (unpaired) electrons. The molecule has 0 fully saturated rings. The Labute approximate surface area is 453 Å². The second-order valence-electron chi connectivity index (χ2n) is 17.6. The van der Waals surface area contributed by atoms with E-state index in [2.05, 4.69) is 41.9 Å². The van der Waals surface area contributed by atoms with Gasteiger partial charge in [0, 0.05) is 70.2 Å². The van der Waals surface area contributed by atoms with Crippen LogP contribution in [0.2, 0.25) is 0 Å². The maximum Gasteiger partial charge on any atom is 0.326 e. The average molecular weight is 1130 g/mol. The van der Waals surface area contributed by atoms with Crippen LogP contribution >= 0.6 is 0 Å². The number of hydrogen-bond acceptors (Lipinski definition) is 19. The Morgan fingerprint density at radius 3 is 1.94 bits per heavy atom. The molecule has 29 heteroatoms. The summed E-state index contributed by atoms with van der Waals surface area (Å²) >= 11 is 0. The fourth-order valence-corrected chi connectivity index (χ4v) is 7.72. The van der Waals surface area contributed by atoms with Gasteiger partial charge in [0.1, 0.15) is 31.1 Å². The Morgan fingerprint density at radius 2 is 1.31 bits per heavy atom. The number of Topliss-reactive ketones (excluding diaryl/α,β-unsaturated/α-hetero) is 2. The highest BCUT2D eigenvalue weighted by atomic mass is 32.2. The first kappa shape index (κ1) is 69.2. The highest BCUT2D eigenvalue weighted by Gasteiger charge is 2.24. The van der Waals surface area contributed by atoms with Crippen molar-refractivity contribution in [2.24, 2.45) is 11.7 Å². The van der Waals surface area contributed by atoms with Crippen LogP contribution in [0.5, 0.6) is 0 Å². The molecule has 0 aliphatic heterocycles. The van der Waals surface area contributed by atoms with Gasteiger partial charge in [0.2, 0.25) is 39.6 Å². The molecule has 2 rings (SSSR count). The monoisotopic (exact) mass is 1130 g/mol. The number of aryl methyl sites for hydroxylation is 2. The minimum Gasteiger partial charge on any atom is -0.481 e. The molecule has 0 saturated heterocycles. The van der Waals surface area contributed by atoms with Gasteiger partial charge in [-0.25, -0.2) is 13.2 Å². The van der Waals surface area contributed by atoms with Crippen molar-refractivity contribution in [3.05, 3.63) is 41.2 Å².